The van der Waals surface area contributed by atoms with Gasteiger partial charge in [0, 0.05) is 16.0 Å². The van der Waals surface area contributed by atoms with Crippen molar-refractivity contribution in [2.24, 2.45) is 0 Å². The van der Waals surface area contributed by atoms with Crippen molar-refractivity contribution in [1.29, 1.82) is 0 Å². The van der Waals surface area contributed by atoms with E-state index >= 15 is 0 Å². The zero-order valence-electron chi connectivity index (χ0n) is 14.0. The van der Waals surface area contributed by atoms with Crippen molar-refractivity contribution in [3.05, 3.63) is 99.1 Å². The molecule has 0 aliphatic rings. The second-order valence-electron chi connectivity index (χ2n) is 5.56. The Labute approximate surface area is 165 Å². The molecule has 0 N–H and O–H groups in total. The van der Waals surface area contributed by atoms with Crippen LogP contribution in [0.1, 0.15) is 15.9 Å². The number of carbonyl (C=O) groups is 1. The zero-order valence-corrected chi connectivity index (χ0v) is 15.6. The number of halogens is 1. The normalized spacial score (nSPS) is 10.4. The van der Waals surface area contributed by atoms with Crippen molar-refractivity contribution < 1.29 is 14.5 Å². The first kappa shape index (κ1) is 18.9. The van der Waals surface area contributed by atoms with Gasteiger partial charge >= 0.3 is 5.97 Å². The Kier molecular flexibility index (Phi) is 6.11. The highest BCUT2D eigenvalue weighted by molar-refractivity contribution is 7.99. The number of nitrogens with zero attached hydrogens (tertiary/aromatic N) is 1. The Balaban J connectivity index is 1.73. The fraction of sp³-hybridized carbons (Fsp3) is 0.0500. The first-order chi connectivity index (χ1) is 13.0. The van der Waals surface area contributed by atoms with Gasteiger partial charge in [-0.15, -0.1) is 0 Å². The van der Waals surface area contributed by atoms with Crippen LogP contribution < -0.4 is 0 Å². The molecule has 136 valence electrons. The Morgan fingerprint density at radius 3 is 2.41 bits per heavy atom. The van der Waals surface area contributed by atoms with Gasteiger partial charge in [-0.1, -0.05) is 47.6 Å². The molecule has 0 bridgehead atoms. The van der Waals surface area contributed by atoms with Crippen molar-refractivity contribution in [3.8, 4) is 0 Å². The van der Waals surface area contributed by atoms with Crippen LogP contribution in [0.15, 0.2) is 82.6 Å². The summed E-state index contributed by atoms with van der Waals surface area (Å²) in [5.41, 5.74) is 0.885. The highest BCUT2D eigenvalue weighted by Crippen LogP contribution is 2.35. The van der Waals surface area contributed by atoms with Gasteiger partial charge in [-0.2, -0.15) is 0 Å². The zero-order chi connectivity index (χ0) is 19.2. The van der Waals surface area contributed by atoms with Gasteiger partial charge < -0.3 is 4.74 Å². The Hall–Kier alpha value is -2.83. The molecule has 7 heteroatoms. The summed E-state index contributed by atoms with van der Waals surface area (Å²) in [6.45, 7) is -0.0570. The lowest BCUT2D eigenvalue weighted by Crippen LogP contribution is -2.05. The summed E-state index contributed by atoms with van der Waals surface area (Å²) in [5.74, 6) is -0.517. The summed E-state index contributed by atoms with van der Waals surface area (Å²) in [5, 5.41) is 11.9. The molecule has 0 aliphatic heterocycles. The minimum atomic E-state index is -0.517. The van der Waals surface area contributed by atoms with E-state index in [0.29, 0.717) is 21.0 Å². The summed E-state index contributed by atoms with van der Waals surface area (Å²) in [7, 11) is 0. The number of benzene rings is 3. The molecule has 0 unspecified atom stereocenters. The van der Waals surface area contributed by atoms with Gasteiger partial charge in [0.05, 0.1) is 15.4 Å². The lowest BCUT2D eigenvalue weighted by atomic mass is 10.2. The highest BCUT2D eigenvalue weighted by atomic mass is 35.5. The monoisotopic (exact) mass is 399 g/mol. The molecule has 5 nitrogen and oxygen atoms in total. The van der Waals surface area contributed by atoms with Crippen LogP contribution in [0.3, 0.4) is 0 Å². The molecule has 0 spiro atoms. The van der Waals surface area contributed by atoms with Gasteiger partial charge in [-0.25, -0.2) is 4.79 Å². The maximum Gasteiger partial charge on any atom is 0.338 e. The summed E-state index contributed by atoms with van der Waals surface area (Å²) >= 11 is 7.10. The molecule has 0 heterocycles. The van der Waals surface area contributed by atoms with Crippen molar-refractivity contribution in [3.63, 3.8) is 0 Å². The fourth-order valence-corrected chi connectivity index (χ4v) is 3.36. The van der Waals surface area contributed by atoms with E-state index in [0.717, 1.165) is 4.90 Å². The van der Waals surface area contributed by atoms with Crippen LogP contribution in [0.25, 0.3) is 0 Å². The molecule has 0 saturated heterocycles. The average Bonchev–Trinajstić information content (AvgIpc) is 2.68. The third-order valence-electron chi connectivity index (χ3n) is 3.64. The van der Waals surface area contributed by atoms with E-state index in [1.807, 2.05) is 30.3 Å². The summed E-state index contributed by atoms with van der Waals surface area (Å²) < 4.78 is 5.24. The summed E-state index contributed by atoms with van der Waals surface area (Å²) in [4.78, 5) is 24.5. The SMILES string of the molecule is O=C(OCc1ccc(Sc2ccccc2)c([N+](=O)[O-])c1)c1ccc(Cl)cc1. The lowest BCUT2D eigenvalue weighted by molar-refractivity contribution is -0.387. The fourth-order valence-electron chi connectivity index (χ4n) is 2.32. The minimum Gasteiger partial charge on any atom is -0.457 e. The van der Waals surface area contributed by atoms with Crippen LogP contribution in [-0.4, -0.2) is 10.9 Å². The Bertz CT molecular complexity index is 961. The molecule has 3 rings (SSSR count). The lowest BCUT2D eigenvalue weighted by Gasteiger charge is -2.07. The number of nitro groups is 1. The van der Waals surface area contributed by atoms with Crippen molar-refractivity contribution in [2.75, 3.05) is 0 Å². The molecule has 0 amide bonds. The maximum absolute atomic E-state index is 12.1. The Morgan fingerprint density at radius 1 is 1.04 bits per heavy atom. The van der Waals surface area contributed by atoms with Crippen LogP contribution in [-0.2, 0) is 11.3 Å². The minimum absolute atomic E-state index is 0.0242. The number of esters is 1. The second-order valence-corrected chi connectivity index (χ2v) is 7.11. The number of hydrogen-bond donors (Lipinski definition) is 0. The number of rotatable bonds is 6. The number of hydrogen-bond acceptors (Lipinski definition) is 5. The molecule has 0 atom stereocenters. The molecular formula is C20H14ClNO4S. The number of ether oxygens (including phenoxy) is 1. The third-order valence-corrected chi connectivity index (χ3v) is 4.97. The van der Waals surface area contributed by atoms with Crippen LogP contribution in [0.4, 0.5) is 5.69 Å². The van der Waals surface area contributed by atoms with Crippen LogP contribution in [0.5, 0.6) is 0 Å². The van der Waals surface area contributed by atoms with Crippen LogP contribution in [0, 0.1) is 10.1 Å². The molecule has 0 aromatic heterocycles. The quantitative estimate of drug-likeness (QED) is 0.299. The molecule has 0 fully saturated rings. The predicted molar refractivity (Wildman–Crippen MR) is 104 cm³/mol. The van der Waals surface area contributed by atoms with Crippen LogP contribution >= 0.6 is 23.4 Å². The predicted octanol–water partition coefficient (Wildman–Crippen LogP) is 5.76. The van der Waals surface area contributed by atoms with Gasteiger partial charge in [0.2, 0.25) is 0 Å². The van der Waals surface area contributed by atoms with Gasteiger partial charge in [0.25, 0.3) is 5.69 Å². The van der Waals surface area contributed by atoms with Crippen molar-refractivity contribution in [2.45, 2.75) is 16.4 Å². The van der Waals surface area contributed by atoms with E-state index in [1.165, 1.54) is 17.8 Å². The molecule has 0 saturated carbocycles. The first-order valence-corrected chi connectivity index (χ1v) is 9.15. The average molecular weight is 400 g/mol. The molecule has 3 aromatic carbocycles. The standard InChI is InChI=1S/C20H14ClNO4S/c21-16-9-7-15(8-10-16)20(23)26-13-14-6-11-19(18(12-14)22(24)25)27-17-4-2-1-3-5-17/h1-12H,13H2. The molecular weight excluding hydrogens is 386 g/mol. The van der Waals surface area contributed by atoms with Gasteiger partial charge in [0.15, 0.2) is 0 Å². The van der Waals surface area contributed by atoms with Crippen LogP contribution in [0.2, 0.25) is 5.02 Å². The van der Waals surface area contributed by atoms with Gasteiger partial charge in [-0.05, 0) is 48.0 Å². The first-order valence-electron chi connectivity index (χ1n) is 7.96. The van der Waals surface area contributed by atoms with E-state index in [4.69, 9.17) is 16.3 Å². The number of nitro benzene ring substituents is 1. The largest absolute Gasteiger partial charge is 0.457 e. The highest BCUT2D eigenvalue weighted by Gasteiger charge is 2.17. The molecule has 0 radical (unpaired) electrons. The second kappa shape index (κ2) is 8.70. The third kappa shape index (κ3) is 5.09. The van der Waals surface area contributed by atoms with Crippen molar-refractivity contribution >= 4 is 35.0 Å². The van der Waals surface area contributed by atoms with Gasteiger partial charge in [0.1, 0.15) is 6.61 Å². The van der Waals surface area contributed by atoms with Crippen molar-refractivity contribution in [1.82, 2.24) is 0 Å². The van der Waals surface area contributed by atoms with E-state index in [1.54, 1.807) is 36.4 Å². The van der Waals surface area contributed by atoms with E-state index in [2.05, 4.69) is 0 Å². The number of carbonyl (C=O) groups excluding carboxylic acids is 1. The molecule has 3 aromatic rings. The maximum atomic E-state index is 12.1. The van der Waals surface area contributed by atoms with E-state index in [9.17, 15) is 14.9 Å². The van der Waals surface area contributed by atoms with Gasteiger partial charge in [-0.3, -0.25) is 10.1 Å². The van der Waals surface area contributed by atoms with E-state index < -0.39 is 10.9 Å². The molecule has 0 aliphatic carbocycles. The molecule has 27 heavy (non-hydrogen) atoms. The smallest absolute Gasteiger partial charge is 0.338 e. The van der Waals surface area contributed by atoms with E-state index in [-0.39, 0.29) is 12.3 Å². The Morgan fingerprint density at radius 2 is 1.74 bits per heavy atom. The topological polar surface area (TPSA) is 69.4 Å². The summed E-state index contributed by atoms with van der Waals surface area (Å²) in [6.07, 6.45) is 0. The summed E-state index contributed by atoms with van der Waals surface area (Å²) in [6, 6.07) is 20.5.